The normalized spacial score (nSPS) is 25.8. The van der Waals surface area contributed by atoms with E-state index in [1.54, 1.807) is 11.1 Å². The molecule has 0 radical (unpaired) electrons. The van der Waals surface area contributed by atoms with E-state index in [4.69, 9.17) is 4.42 Å². The number of hydrogen-bond donors (Lipinski definition) is 0. The topological polar surface area (TPSA) is 19.6 Å². The van der Waals surface area contributed by atoms with E-state index in [0.717, 1.165) is 31.6 Å². The third kappa shape index (κ3) is 5.95. The van der Waals surface area contributed by atoms with E-state index in [1.165, 1.54) is 127 Å². The van der Waals surface area contributed by atoms with Gasteiger partial charge in [0, 0.05) is 33.7 Å². The highest BCUT2D eigenvalue weighted by molar-refractivity contribution is 7.00. The zero-order valence-electron chi connectivity index (χ0n) is 45.3. The van der Waals surface area contributed by atoms with Crippen molar-refractivity contribution in [1.29, 1.82) is 0 Å². The average Bonchev–Trinajstić information content (AvgIpc) is 3.73. The maximum atomic E-state index is 7.97. The second-order valence-electron chi connectivity index (χ2n) is 28.4. The summed E-state index contributed by atoms with van der Waals surface area (Å²) in [4.78, 5) is 5.41. The van der Waals surface area contributed by atoms with Crippen molar-refractivity contribution in [1.82, 2.24) is 0 Å². The van der Waals surface area contributed by atoms with Crippen molar-refractivity contribution >= 4 is 57.4 Å². The second-order valence-corrected chi connectivity index (χ2v) is 28.4. The van der Waals surface area contributed by atoms with Gasteiger partial charge in [0.1, 0.15) is 5.76 Å². The average molecular weight is 925 g/mol. The molecule has 3 nitrogen and oxygen atoms in total. The molecule has 5 aromatic carbocycles. The molecule has 4 heteroatoms. The van der Waals surface area contributed by atoms with E-state index in [0.29, 0.717) is 0 Å². The second kappa shape index (κ2) is 13.8. The van der Waals surface area contributed by atoms with Gasteiger partial charge >= 0.3 is 0 Å². The molecule has 4 heterocycles. The van der Waals surface area contributed by atoms with Crippen molar-refractivity contribution in [3.63, 3.8) is 0 Å². The van der Waals surface area contributed by atoms with Gasteiger partial charge in [-0.1, -0.05) is 139 Å². The number of hydrogen-bond acceptors (Lipinski definition) is 3. The first-order valence-electron chi connectivity index (χ1n) is 27.3. The highest BCUT2D eigenvalue weighted by Gasteiger charge is 2.58. The van der Waals surface area contributed by atoms with Crippen LogP contribution in [0.4, 0.5) is 34.3 Å². The standard InChI is InChI=1S/C66H77BN2O/c1-39-31-52-55-53(32-39)69(50-36-46-45(61(6,7)25-26-62(46,8)9)34-42(50)40-19-17-16-18-20-40)58-56-54-57(70-58)64(12,13)28-30-66(54,15)38-65(14)29-27-63(10,11)47-37-51(49(67(55)56)35-48(47)65)68(52)41-21-22-43-44(33-41)60(4,5)24-23-59(43,2)3/h16-22,31-37H,23-30,38H2,1-15H3. The maximum absolute atomic E-state index is 7.97. The molecule has 70 heavy (non-hydrogen) atoms. The lowest BCUT2D eigenvalue weighted by Gasteiger charge is -2.50. The van der Waals surface area contributed by atoms with Crippen LogP contribution in [0.15, 0.2) is 89.3 Å². The van der Waals surface area contributed by atoms with Crippen LogP contribution in [0, 0.1) is 6.92 Å². The SMILES string of the molecule is Cc1cc2c3c(c1)N(c1cc4c(cc1-c1ccccc1)C(C)(C)CCC4(C)C)c1oc4c5c1B3c1cc3c(cc1N2c1ccc2c(c1)C(C)(C)CCC2(C)C)C(C)(C)CCC3(C)CC5(C)CCC4(C)C. The molecule has 13 rings (SSSR count). The number of rotatable bonds is 3. The molecule has 0 saturated carbocycles. The third-order valence-corrected chi connectivity index (χ3v) is 20.6. The summed E-state index contributed by atoms with van der Waals surface area (Å²) in [6.45, 7) is 37.5. The summed E-state index contributed by atoms with van der Waals surface area (Å²) in [7, 11) is 0. The van der Waals surface area contributed by atoms with Crippen LogP contribution in [-0.2, 0) is 43.3 Å². The number of benzene rings is 5. The molecule has 0 spiro atoms. The highest BCUT2D eigenvalue weighted by atomic mass is 16.4. The fourth-order valence-electron chi connectivity index (χ4n) is 15.9. The van der Waals surface area contributed by atoms with Crippen molar-refractivity contribution in [3.05, 3.63) is 135 Å². The summed E-state index contributed by atoms with van der Waals surface area (Å²) in [6.07, 6.45) is 10.5. The maximum Gasteiger partial charge on any atom is 0.256 e. The summed E-state index contributed by atoms with van der Waals surface area (Å²) in [5.74, 6) is 2.27. The Kier molecular flexibility index (Phi) is 8.83. The summed E-state index contributed by atoms with van der Waals surface area (Å²) < 4.78 is 7.97. The molecule has 1 aromatic heterocycles. The molecule has 3 aliphatic heterocycles. The quantitative estimate of drug-likeness (QED) is 0.165. The van der Waals surface area contributed by atoms with Gasteiger partial charge in [-0.05, 0) is 212 Å². The zero-order chi connectivity index (χ0) is 49.2. The van der Waals surface area contributed by atoms with Gasteiger partial charge in [-0.3, -0.25) is 4.90 Å². The minimum absolute atomic E-state index is 0.0164. The van der Waals surface area contributed by atoms with Crippen LogP contribution in [-0.4, -0.2) is 6.71 Å². The Morgan fingerprint density at radius 2 is 0.971 bits per heavy atom. The van der Waals surface area contributed by atoms with Crippen LogP contribution in [0.5, 0.6) is 0 Å². The Morgan fingerprint density at radius 3 is 1.63 bits per heavy atom. The Balaban J connectivity index is 1.20. The lowest BCUT2D eigenvalue weighted by Crippen LogP contribution is -2.62. The molecule has 2 atom stereocenters. The van der Waals surface area contributed by atoms with Crippen LogP contribution in [0.3, 0.4) is 0 Å². The molecule has 360 valence electrons. The molecular weight excluding hydrogens is 848 g/mol. The number of fused-ring (bicyclic) bond motifs is 2. The number of nitrogens with zero attached hydrogens (tertiary/aromatic N) is 2. The molecule has 0 amide bonds. The van der Waals surface area contributed by atoms with Crippen molar-refractivity contribution in [2.75, 3.05) is 9.80 Å². The molecular formula is C66H77BN2O. The van der Waals surface area contributed by atoms with E-state index < -0.39 is 0 Å². The van der Waals surface area contributed by atoms with Gasteiger partial charge < -0.3 is 9.32 Å². The van der Waals surface area contributed by atoms with Crippen LogP contribution >= 0.6 is 0 Å². The largest absolute Gasteiger partial charge is 0.444 e. The van der Waals surface area contributed by atoms with Gasteiger partial charge in [0.05, 0.1) is 5.69 Å². The Labute approximate surface area is 420 Å². The molecule has 0 N–H and O–H groups in total. The van der Waals surface area contributed by atoms with Gasteiger partial charge in [-0.15, -0.1) is 0 Å². The summed E-state index contributed by atoms with van der Waals surface area (Å²) in [5, 5.41) is 0. The minimum atomic E-state index is -0.118. The van der Waals surface area contributed by atoms with E-state index in [-0.39, 0.29) is 50.0 Å². The van der Waals surface area contributed by atoms with Crippen LogP contribution < -0.4 is 26.2 Å². The van der Waals surface area contributed by atoms with Gasteiger partial charge in [-0.2, -0.15) is 0 Å². The number of furan rings is 1. The van der Waals surface area contributed by atoms with Crippen molar-refractivity contribution in [3.8, 4) is 11.1 Å². The lowest BCUT2D eigenvalue weighted by atomic mass is 9.32. The Hall–Kier alpha value is -4.96. The smallest absolute Gasteiger partial charge is 0.256 e. The fraction of sp³-hybridized carbons (Fsp3) is 0.485. The van der Waals surface area contributed by atoms with Gasteiger partial charge in [0.15, 0.2) is 5.88 Å². The molecule has 0 saturated heterocycles. The van der Waals surface area contributed by atoms with Crippen molar-refractivity contribution in [2.24, 2.45) is 0 Å². The lowest BCUT2D eigenvalue weighted by molar-refractivity contribution is 0.197. The van der Waals surface area contributed by atoms with E-state index in [2.05, 4.69) is 199 Å². The van der Waals surface area contributed by atoms with E-state index in [9.17, 15) is 0 Å². The Morgan fingerprint density at radius 1 is 0.443 bits per heavy atom. The molecule has 0 fully saturated rings. The predicted octanol–water partition coefficient (Wildman–Crippen LogP) is 16.1. The van der Waals surface area contributed by atoms with Crippen LogP contribution in [0.25, 0.3) is 11.1 Å². The number of anilines is 6. The van der Waals surface area contributed by atoms with Crippen molar-refractivity contribution < 1.29 is 4.42 Å². The highest BCUT2D eigenvalue weighted by Crippen LogP contribution is 2.61. The van der Waals surface area contributed by atoms with Gasteiger partial charge in [0.25, 0.3) is 6.71 Å². The monoisotopic (exact) mass is 925 g/mol. The molecule has 7 aliphatic rings. The molecule has 2 unspecified atom stereocenters. The molecule has 4 aliphatic carbocycles. The first kappa shape index (κ1) is 44.9. The summed E-state index contributed by atoms with van der Waals surface area (Å²) in [6, 6.07) is 34.7. The third-order valence-electron chi connectivity index (χ3n) is 20.6. The van der Waals surface area contributed by atoms with Gasteiger partial charge in [-0.25, -0.2) is 0 Å². The molecule has 6 aromatic rings. The van der Waals surface area contributed by atoms with Gasteiger partial charge in [0.2, 0.25) is 0 Å². The Bertz CT molecular complexity index is 3270. The van der Waals surface area contributed by atoms with Crippen LogP contribution in [0.2, 0.25) is 0 Å². The number of aryl methyl sites for hydroxylation is 1. The minimum Gasteiger partial charge on any atom is -0.444 e. The summed E-state index contributed by atoms with van der Waals surface area (Å²) in [5.41, 5.74) is 25.4. The zero-order valence-corrected chi connectivity index (χ0v) is 45.3. The predicted molar refractivity (Wildman–Crippen MR) is 297 cm³/mol. The fourth-order valence-corrected chi connectivity index (χ4v) is 15.9. The van der Waals surface area contributed by atoms with Crippen molar-refractivity contribution in [2.45, 2.75) is 205 Å². The molecule has 2 bridgehead atoms. The summed E-state index contributed by atoms with van der Waals surface area (Å²) >= 11 is 0. The van der Waals surface area contributed by atoms with Crippen LogP contribution in [0.1, 0.15) is 205 Å². The first-order valence-corrected chi connectivity index (χ1v) is 27.3. The van der Waals surface area contributed by atoms with E-state index in [1.807, 2.05) is 0 Å². The first-order chi connectivity index (χ1) is 32.8. The van der Waals surface area contributed by atoms with E-state index >= 15 is 0 Å².